The highest BCUT2D eigenvalue weighted by Crippen LogP contribution is 2.21. The molecule has 0 aliphatic carbocycles. The van der Waals surface area contributed by atoms with Gasteiger partial charge in [-0.15, -0.1) is 0 Å². The number of aryl methyl sites for hydroxylation is 2. The molecule has 3 N–H and O–H groups in total. The molecule has 3 aromatic rings. The van der Waals surface area contributed by atoms with Crippen LogP contribution in [0.5, 0.6) is 0 Å². The number of nitrogens with two attached hydrogens (primary N) is 1. The number of primary amides is 1. The third kappa shape index (κ3) is 3.84. The first-order chi connectivity index (χ1) is 11.6. The lowest BCUT2D eigenvalue weighted by Gasteiger charge is -2.05. The molecule has 4 nitrogen and oxygen atoms in total. The maximum atomic E-state index is 11.1. The van der Waals surface area contributed by atoms with Crippen LogP contribution < -0.4 is 11.1 Å². The molecule has 24 heavy (non-hydrogen) atoms. The summed E-state index contributed by atoms with van der Waals surface area (Å²) in [7, 11) is 0. The number of carbonyl (C=O) groups excluding carboxylic acids is 1. The van der Waals surface area contributed by atoms with Crippen molar-refractivity contribution in [2.24, 2.45) is 5.73 Å². The molecule has 0 saturated heterocycles. The minimum Gasteiger partial charge on any atom is -0.370 e. The molecule has 0 unspecified atom stereocenters. The number of para-hydroxylation sites is 1. The summed E-state index contributed by atoms with van der Waals surface area (Å²) in [6.45, 7) is 4.34. The molecule has 0 aliphatic heterocycles. The Labute approximate surface area is 142 Å². The van der Waals surface area contributed by atoms with E-state index in [1.807, 2.05) is 12.1 Å². The van der Waals surface area contributed by atoms with E-state index in [4.69, 9.17) is 5.73 Å². The molecule has 1 amide bonds. The van der Waals surface area contributed by atoms with Crippen molar-refractivity contribution >= 4 is 16.8 Å². The van der Waals surface area contributed by atoms with Gasteiger partial charge in [0.1, 0.15) is 0 Å². The van der Waals surface area contributed by atoms with Gasteiger partial charge in [0, 0.05) is 43.2 Å². The first kappa shape index (κ1) is 16.3. The molecule has 0 aliphatic rings. The lowest BCUT2D eigenvalue weighted by atomic mass is 10.1. The SMILES string of the molecule is Cc1ccc(CNCc2cn(CCC(N)=O)c3ccccc23)cc1. The number of benzene rings is 2. The number of nitrogens with one attached hydrogen (secondary N) is 1. The van der Waals surface area contributed by atoms with Gasteiger partial charge < -0.3 is 15.6 Å². The summed E-state index contributed by atoms with van der Waals surface area (Å²) in [5.41, 5.74) is 10.2. The maximum Gasteiger partial charge on any atom is 0.219 e. The second-order valence-corrected chi connectivity index (χ2v) is 6.17. The van der Waals surface area contributed by atoms with E-state index in [0.717, 1.165) is 18.6 Å². The maximum absolute atomic E-state index is 11.1. The highest BCUT2D eigenvalue weighted by molar-refractivity contribution is 5.84. The molecule has 124 valence electrons. The Morgan fingerprint density at radius 2 is 1.83 bits per heavy atom. The second-order valence-electron chi connectivity index (χ2n) is 6.17. The predicted octanol–water partition coefficient (Wildman–Crippen LogP) is 3.11. The van der Waals surface area contributed by atoms with Crippen molar-refractivity contribution in [3.05, 3.63) is 71.4 Å². The highest BCUT2D eigenvalue weighted by atomic mass is 16.1. The average Bonchev–Trinajstić information content (AvgIpc) is 2.93. The third-order valence-corrected chi connectivity index (χ3v) is 4.24. The van der Waals surface area contributed by atoms with Gasteiger partial charge in [0.05, 0.1) is 0 Å². The van der Waals surface area contributed by atoms with Gasteiger partial charge in [-0.1, -0.05) is 48.0 Å². The first-order valence-corrected chi connectivity index (χ1v) is 8.25. The van der Waals surface area contributed by atoms with E-state index < -0.39 is 0 Å². The van der Waals surface area contributed by atoms with Crippen LogP contribution in [0.15, 0.2) is 54.7 Å². The zero-order chi connectivity index (χ0) is 16.9. The number of aromatic nitrogens is 1. The fraction of sp³-hybridized carbons (Fsp3) is 0.250. The lowest BCUT2D eigenvalue weighted by Crippen LogP contribution is -2.14. The Morgan fingerprint density at radius 1 is 1.08 bits per heavy atom. The van der Waals surface area contributed by atoms with Crippen LogP contribution in [0.2, 0.25) is 0 Å². The number of fused-ring (bicyclic) bond motifs is 1. The smallest absolute Gasteiger partial charge is 0.219 e. The van der Waals surface area contributed by atoms with Gasteiger partial charge in [-0.3, -0.25) is 4.79 Å². The summed E-state index contributed by atoms with van der Waals surface area (Å²) in [5, 5.41) is 4.72. The Balaban J connectivity index is 1.71. The van der Waals surface area contributed by atoms with Crippen LogP contribution in [-0.2, 0) is 24.4 Å². The predicted molar refractivity (Wildman–Crippen MR) is 97.5 cm³/mol. The van der Waals surface area contributed by atoms with Gasteiger partial charge in [-0.05, 0) is 24.1 Å². The zero-order valence-corrected chi connectivity index (χ0v) is 14.0. The van der Waals surface area contributed by atoms with Crippen LogP contribution in [-0.4, -0.2) is 10.5 Å². The van der Waals surface area contributed by atoms with Crippen molar-refractivity contribution in [2.45, 2.75) is 33.0 Å². The van der Waals surface area contributed by atoms with Gasteiger partial charge in [0.2, 0.25) is 5.91 Å². The van der Waals surface area contributed by atoms with Crippen LogP contribution >= 0.6 is 0 Å². The van der Waals surface area contributed by atoms with E-state index >= 15 is 0 Å². The summed E-state index contributed by atoms with van der Waals surface area (Å²) in [6, 6.07) is 16.8. The van der Waals surface area contributed by atoms with Crippen LogP contribution in [0.4, 0.5) is 0 Å². The molecular weight excluding hydrogens is 298 g/mol. The van der Waals surface area contributed by atoms with Crippen molar-refractivity contribution in [3.63, 3.8) is 0 Å². The highest BCUT2D eigenvalue weighted by Gasteiger charge is 2.08. The largest absolute Gasteiger partial charge is 0.370 e. The van der Waals surface area contributed by atoms with E-state index in [9.17, 15) is 4.79 Å². The van der Waals surface area contributed by atoms with Crippen molar-refractivity contribution in [3.8, 4) is 0 Å². The molecule has 0 atom stereocenters. The zero-order valence-electron chi connectivity index (χ0n) is 14.0. The lowest BCUT2D eigenvalue weighted by molar-refractivity contribution is -0.118. The van der Waals surface area contributed by atoms with Gasteiger partial charge in [-0.25, -0.2) is 0 Å². The van der Waals surface area contributed by atoms with E-state index in [0.29, 0.717) is 13.0 Å². The van der Waals surface area contributed by atoms with Crippen molar-refractivity contribution in [1.29, 1.82) is 0 Å². The molecule has 1 aromatic heterocycles. The van der Waals surface area contributed by atoms with E-state index in [-0.39, 0.29) is 5.91 Å². The molecule has 0 spiro atoms. The Morgan fingerprint density at radius 3 is 2.58 bits per heavy atom. The Hall–Kier alpha value is -2.59. The van der Waals surface area contributed by atoms with Crippen LogP contribution in [0.25, 0.3) is 10.9 Å². The third-order valence-electron chi connectivity index (χ3n) is 4.24. The number of amides is 1. The Bertz CT molecular complexity index is 834. The number of nitrogens with zero attached hydrogens (tertiary/aromatic N) is 1. The van der Waals surface area contributed by atoms with E-state index in [2.05, 4.69) is 59.4 Å². The second kappa shape index (κ2) is 7.32. The average molecular weight is 321 g/mol. The van der Waals surface area contributed by atoms with Gasteiger partial charge in [0.15, 0.2) is 0 Å². The molecule has 2 aromatic carbocycles. The molecule has 0 fully saturated rings. The van der Waals surface area contributed by atoms with E-state index in [1.54, 1.807) is 0 Å². The fourth-order valence-corrected chi connectivity index (χ4v) is 2.93. The van der Waals surface area contributed by atoms with Crippen molar-refractivity contribution < 1.29 is 4.79 Å². The number of hydrogen-bond acceptors (Lipinski definition) is 2. The fourth-order valence-electron chi connectivity index (χ4n) is 2.93. The molecule has 1 heterocycles. The van der Waals surface area contributed by atoms with Gasteiger partial charge in [0.25, 0.3) is 0 Å². The molecular formula is C20H23N3O. The normalized spacial score (nSPS) is 11.0. The molecule has 0 radical (unpaired) electrons. The molecule has 0 saturated carbocycles. The van der Waals surface area contributed by atoms with Crippen molar-refractivity contribution in [2.75, 3.05) is 0 Å². The summed E-state index contributed by atoms with van der Waals surface area (Å²) < 4.78 is 2.11. The summed E-state index contributed by atoms with van der Waals surface area (Å²) >= 11 is 0. The first-order valence-electron chi connectivity index (χ1n) is 8.25. The number of hydrogen-bond donors (Lipinski definition) is 2. The van der Waals surface area contributed by atoms with E-state index in [1.165, 1.54) is 22.1 Å². The van der Waals surface area contributed by atoms with Crippen LogP contribution in [0.3, 0.4) is 0 Å². The minimum atomic E-state index is -0.271. The van der Waals surface area contributed by atoms with Crippen molar-refractivity contribution in [1.82, 2.24) is 9.88 Å². The minimum absolute atomic E-state index is 0.271. The molecule has 0 bridgehead atoms. The standard InChI is InChI=1S/C20H23N3O/c1-15-6-8-16(9-7-15)12-22-13-17-14-23(11-10-20(21)24)19-5-3-2-4-18(17)19/h2-9,14,22H,10-13H2,1H3,(H2,21,24). The Kier molecular flexibility index (Phi) is 4.96. The quantitative estimate of drug-likeness (QED) is 0.702. The summed E-state index contributed by atoms with van der Waals surface area (Å²) in [6.07, 6.45) is 2.48. The topological polar surface area (TPSA) is 60.1 Å². The molecule has 3 rings (SSSR count). The summed E-state index contributed by atoms with van der Waals surface area (Å²) in [5.74, 6) is -0.271. The number of rotatable bonds is 7. The van der Waals surface area contributed by atoms with Gasteiger partial charge >= 0.3 is 0 Å². The van der Waals surface area contributed by atoms with Gasteiger partial charge in [-0.2, -0.15) is 0 Å². The van der Waals surface area contributed by atoms with Crippen LogP contribution in [0, 0.1) is 6.92 Å². The monoisotopic (exact) mass is 321 g/mol. The van der Waals surface area contributed by atoms with Crippen LogP contribution in [0.1, 0.15) is 23.1 Å². The number of carbonyl (C=O) groups is 1. The summed E-state index contributed by atoms with van der Waals surface area (Å²) in [4.78, 5) is 11.1. The molecule has 4 heteroatoms.